The topological polar surface area (TPSA) is 65.0 Å². The Morgan fingerprint density at radius 2 is 2.11 bits per heavy atom. The van der Waals surface area contributed by atoms with Crippen molar-refractivity contribution in [1.29, 1.82) is 0 Å². The molecule has 0 unspecified atom stereocenters. The van der Waals surface area contributed by atoms with Crippen LogP contribution in [0, 0.1) is 0 Å². The summed E-state index contributed by atoms with van der Waals surface area (Å²) in [5.74, 6) is 0.306. The van der Waals surface area contributed by atoms with Crippen LogP contribution in [0.2, 0.25) is 0 Å². The molecule has 1 N–H and O–H groups in total. The first-order chi connectivity index (χ1) is 8.70. The van der Waals surface area contributed by atoms with Gasteiger partial charge in [-0.15, -0.1) is 0 Å². The van der Waals surface area contributed by atoms with Crippen molar-refractivity contribution in [3.63, 3.8) is 0 Å². The maximum Gasteiger partial charge on any atom is 0.328 e. The molecule has 0 spiro atoms. The number of rotatable bonds is 4. The van der Waals surface area contributed by atoms with Crippen LogP contribution in [0.15, 0.2) is 24.3 Å². The molecule has 1 aliphatic heterocycles. The van der Waals surface area contributed by atoms with Gasteiger partial charge in [0.2, 0.25) is 0 Å². The second-order valence-electron chi connectivity index (χ2n) is 3.80. The predicted octanol–water partition coefficient (Wildman–Crippen LogP) is 1.57. The van der Waals surface area contributed by atoms with Crippen LogP contribution in [-0.4, -0.2) is 38.0 Å². The summed E-state index contributed by atoms with van der Waals surface area (Å²) in [6, 6.07) is 5.33. The van der Waals surface area contributed by atoms with Crippen LogP contribution in [-0.2, 0) is 9.53 Å². The predicted molar refractivity (Wildman–Crippen MR) is 64.9 cm³/mol. The van der Waals surface area contributed by atoms with Gasteiger partial charge in [0, 0.05) is 13.2 Å². The van der Waals surface area contributed by atoms with E-state index < -0.39 is 5.97 Å². The third kappa shape index (κ3) is 2.81. The Bertz CT molecular complexity index is 478. The van der Waals surface area contributed by atoms with Crippen molar-refractivity contribution in [2.75, 3.05) is 26.9 Å². The Kier molecular flexibility index (Phi) is 3.84. The minimum absolute atomic E-state index is 0.228. The highest BCUT2D eigenvalue weighted by atomic mass is 16.6. The first kappa shape index (κ1) is 12.4. The Morgan fingerprint density at radius 3 is 2.78 bits per heavy atom. The van der Waals surface area contributed by atoms with E-state index in [-0.39, 0.29) is 6.61 Å². The summed E-state index contributed by atoms with van der Waals surface area (Å²) in [7, 11) is 1.52. The average Bonchev–Trinajstić information content (AvgIpc) is 2.37. The van der Waals surface area contributed by atoms with Crippen molar-refractivity contribution >= 4 is 11.5 Å². The molecule has 0 radical (unpaired) electrons. The van der Waals surface area contributed by atoms with E-state index in [1.807, 2.05) is 0 Å². The molecule has 0 saturated carbocycles. The molecule has 2 rings (SSSR count). The maximum absolute atomic E-state index is 10.8. The third-order valence-corrected chi connectivity index (χ3v) is 2.51. The standard InChI is InChI=1S/C13H14O5/c1-16-8-10(7-13(14)15)9-2-3-11-12(6-9)18-5-4-17-11/h2-3,6-7H,4-5,8H2,1H3,(H,14,15)/b10-7+. The molecule has 0 atom stereocenters. The van der Waals surface area contributed by atoms with Gasteiger partial charge in [-0.3, -0.25) is 0 Å². The molecule has 0 fully saturated rings. The van der Waals surface area contributed by atoms with Gasteiger partial charge in [0.1, 0.15) is 13.2 Å². The van der Waals surface area contributed by atoms with Gasteiger partial charge in [0.05, 0.1) is 6.61 Å². The summed E-state index contributed by atoms with van der Waals surface area (Å²) < 4.78 is 15.9. The first-order valence-electron chi connectivity index (χ1n) is 5.53. The number of ether oxygens (including phenoxy) is 3. The number of methoxy groups -OCH3 is 1. The molecule has 1 aromatic rings. The number of carboxylic acids is 1. The second kappa shape index (κ2) is 5.55. The molecule has 5 heteroatoms. The highest BCUT2D eigenvalue weighted by Crippen LogP contribution is 2.32. The maximum atomic E-state index is 10.8. The molecule has 1 heterocycles. The fourth-order valence-electron chi connectivity index (χ4n) is 1.76. The van der Waals surface area contributed by atoms with Crippen LogP contribution in [0.4, 0.5) is 0 Å². The summed E-state index contributed by atoms with van der Waals surface area (Å²) in [4.78, 5) is 10.8. The number of aliphatic carboxylic acids is 1. The Labute approximate surface area is 105 Å². The lowest BCUT2D eigenvalue weighted by molar-refractivity contribution is -0.131. The molecule has 1 aliphatic rings. The minimum atomic E-state index is -1.00. The molecule has 0 bridgehead atoms. The normalized spacial score (nSPS) is 14.4. The largest absolute Gasteiger partial charge is 0.486 e. The van der Waals surface area contributed by atoms with Gasteiger partial charge in [0.15, 0.2) is 11.5 Å². The summed E-state index contributed by atoms with van der Waals surface area (Å²) >= 11 is 0. The van der Waals surface area contributed by atoms with Gasteiger partial charge < -0.3 is 19.3 Å². The molecular weight excluding hydrogens is 236 g/mol. The van der Waals surface area contributed by atoms with Crippen molar-refractivity contribution < 1.29 is 24.1 Å². The van der Waals surface area contributed by atoms with Gasteiger partial charge in [-0.2, -0.15) is 0 Å². The van der Waals surface area contributed by atoms with Crippen LogP contribution in [0.3, 0.4) is 0 Å². The monoisotopic (exact) mass is 250 g/mol. The van der Waals surface area contributed by atoms with Gasteiger partial charge in [-0.25, -0.2) is 4.79 Å². The highest BCUT2D eigenvalue weighted by Gasteiger charge is 2.13. The van der Waals surface area contributed by atoms with E-state index in [1.165, 1.54) is 7.11 Å². The Balaban J connectivity index is 2.33. The summed E-state index contributed by atoms with van der Waals surface area (Å²) in [5, 5.41) is 8.82. The van der Waals surface area contributed by atoms with Crippen molar-refractivity contribution in [3.05, 3.63) is 29.8 Å². The summed E-state index contributed by atoms with van der Waals surface area (Å²) in [6.07, 6.45) is 1.13. The zero-order chi connectivity index (χ0) is 13.0. The van der Waals surface area contributed by atoms with Gasteiger partial charge in [0.25, 0.3) is 0 Å². The molecular formula is C13H14O5. The third-order valence-electron chi connectivity index (χ3n) is 2.51. The van der Waals surface area contributed by atoms with E-state index in [4.69, 9.17) is 19.3 Å². The fourth-order valence-corrected chi connectivity index (χ4v) is 1.76. The van der Waals surface area contributed by atoms with Crippen molar-refractivity contribution in [2.45, 2.75) is 0 Å². The van der Waals surface area contributed by atoms with E-state index in [9.17, 15) is 4.79 Å². The van der Waals surface area contributed by atoms with Crippen LogP contribution < -0.4 is 9.47 Å². The molecule has 0 aliphatic carbocycles. The molecule has 96 valence electrons. The van der Waals surface area contributed by atoms with Crippen LogP contribution >= 0.6 is 0 Å². The molecule has 18 heavy (non-hydrogen) atoms. The van der Waals surface area contributed by atoms with Gasteiger partial charge >= 0.3 is 5.97 Å². The van der Waals surface area contributed by atoms with Crippen molar-refractivity contribution in [3.8, 4) is 11.5 Å². The quantitative estimate of drug-likeness (QED) is 0.822. The number of fused-ring (bicyclic) bond motifs is 1. The van der Waals surface area contributed by atoms with Crippen molar-refractivity contribution in [1.82, 2.24) is 0 Å². The van der Waals surface area contributed by atoms with Crippen LogP contribution in [0.5, 0.6) is 11.5 Å². The lowest BCUT2D eigenvalue weighted by Gasteiger charge is -2.19. The number of hydrogen-bond donors (Lipinski definition) is 1. The Morgan fingerprint density at radius 1 is 1.39 bits per heavy atom. The first-order valence-corrected chi connectivity index (χ1v) is 5.53. The summed E-state index contributed by atoms with van der Waals surface area (Å²) in [6.45, 7) is 1.26. The number of hydrogen-bond acceptors (Lipinski definition) is 4. The van der Waals surface area contributed by atoms with E-state index in [0.29, 0.717) is 30.3 Å². The smallest absolute Gasteiger partial charge is 0.328 e. The number of carboxylic acid groups (broad SMARTS) is 1. The van der Waals surface area contributed by atoms with E-state index in [2.05, 4.69) is 0 Å². The zero-order valence-corrected chi connectivity index (χ0v) is 10.0. The summed E-state index contributed by atoms with van der Waals surface area (Å²) in [5.41, 5.74) is 1.34. The number of benzene rings is 1. The lowest BCUT2D eigenvalue weighted by Crippen LogP contribution is -2.15. The second-order valence-corrected chi connectivity index (χ2v) is 3.80. The fraction of sp³-hybridized carbons (Fsp3) is 0.308. The van der Waals surface area contributed by atoms with Crippen molar-refractivity contribution in [2.24, 2.45) is 0 Å². The van der Waals surface area contributed by atoms with Crippen LogP contribution in [0.25, 0.3) is 5.57 Å². The SMILES string of the molecule is COC/C(=C\C(=O)O)c1ccc2c(c1)OCCO2. The van der Waals surface area contributed by atoms with Gasteiger partial charge in [-0.1, -0.05) is 6.07 Å². The lowest BCUT2D eigenvalue weighted by atomic mass is 10.1. The van der Waals surface area contributed by atoms with Gasteiger partial charge in [-0.05, 0) is 23.3 Å². The zero-order valence-electron chi connectivity index (χ0n) is 10.0. The van der Waals surface area contributed by atoms with E-state index in [1.54, 1.807) is 18.2 Å². The minimum Gasteiger partial charge on any atom is -0.486 e. The van der Waals surface area contributed by atoms with E-state index in [0.717, 1.165) is 11.6 Å². The molecule has 0 saturated heterocycles. The highest BCUT2D eigenvalue weighted by molar-refractivity contribution is 5.90. The molecule has 1 aromatic carbocycles. The number of carbonyl (C=O) groups is 1. The van der Waals surface area contributed by atoms with Crippen LogP contribution in [0.1, 0.15) is 5.56 Å². The average molecular weight is 250 g/mol. The Hall–Kier alpha value is -2.01. The molecule has 5 nitrogen and oxygen atoms in total. The van der Waals surface area contributed by atoms with E-state index >= 15 is 0 Å². The molecule has 0 amide bonds. The molecule has 0 aromatic heterocycles.